The minimum Gasteiger partial charge on any atom is -0.367 e. The molecule has 0 spiro atoms. The maximum Gasteiger partial charge on any atom is 0.228 e. The lowest BCUT2D eigenvalue weighted by atomic mass is 10.1. The quantitative estimate of drug-likeness (QED) is 0.425. The summed E-state index contributed by atoms with van der Waals surface area (Å²) in [6.45, 7) is 4.91. The van der Waals surface area contributed by atoms with Crippen LogP contribution in [0, 0.1) is 0 Å². The Labute approximate surface area is 204 Å². The number of carbonyl (C=O) groups is 1. The standard InChI is InChI=1S/C26H28N8O/c35-26(19-22-5-7-23(8-6-22)34-20-28-30-31-34)29-24-3-1-2-4-25(24)33-17-15-32(16-18-33)14-11-21-9-12-27-13-10-21/h1-10,12-13,20H,11,14-19H2,(H,29,35). The van der Waals surface area contributed by atoms with Crippen molar-refractivity contribution in [3.05, 3.63) is 90.5 Å². The molecule has 1 saturated heterocycles. The van der Waals surface area contributed by atoms with Gasteiger partial charge in [-0.2, -0.15) is 0 Å². The zero-order chi connectivity index (χ0) is 23.9. The van der Waals surface area contributed by atoms with Crippen LogP contribution in [0.25, 0.3) is 5.69 Å². The van der Waals surface area contributed by atoms with Crippen molar-refractivity contribution in [1.82, 2.24) is 30.1 Å². The van der Waals surface area contributed by atoms with Gasteiger partial charge in [-0.05, 0) is 64.4 Å². The highest BCUT2D eigenvalue weighted by Crippen LogP contribution is 2.27. The molecule has 2 aromatic carbocycles. The summed E-state index contributed by atoms with van der Waals surface area (Å²) in [6, 6.07) is 19.9. The number of hydrogen-bond donors (Lipinski definition) is 1. The maximum atomic E-state index is 12.8. The SMILES string of the molecule is O=C(Cc1ccc(-n2cnnn2)cc1)Nc1ccccc1N1CCN(CCc2ccncc2)CC1. The molecule has 0 aliphatic carbocycles. The number of pyridine rings is 1. The molecule has 0 radical (unpaired) electrons. The van der Waals surface area contributed by atoms with Crippen molar-refractivity contribution >= 4 is 17.3 Å². The van der Waals surface area contributed by atoms with Crippen LogP contribution in [0.3, 0.4) is 0 Å². The fourth-order valence-corrected chi connectivity index (χ4v) is 4.33. The number of para-hydroxylation sites is 2. The molecule has 0 bridgehead atoms. The van der Waals surface area contributed by atoms with Gasteiger partial charge in [-0.3, -0.25) is 14.7 Å². The number of benzene rings is 2. The Morgan fingerprint density at radius 2 is 1.66 bits per heavy atom. The number of piperazine rings is 1. The van der Waals surface area contributed by atoms with E-state index in [1.54, 1.807) is 11.0 Å². The topological polar surface area (TPSA) is 92.1 Å². The van der Waals surface area contributed by atoms with Crippen LogP contribution in [0.2, 0.25) is 0 Å². The van der Waals surface area contributed by atoms with Crippen molar-refractivity contribution in [2.75, 3.05) is 42.9 Å². The summed E-state index contributed by atoms with van der Waals surface area (Å²) in [6.07, 6.45) is 6.58. The highest BCUT2D eigenvalue weighted by molar-refractivity contribution is 5.95. The Kier molecular flexibility index (Phi) is 7.05. The summed E-state index contributed by atoms with van der Waals surface area (Å²) >= 11 is 0. The first kappa shape index (κ1) is 22.7. The third-order valence-corrected chi connectivity index (χ3v) is 6.27. The number of nitrogens with one attached hydrogen (secondary N) is 1. The van der Waals surface area contributed by atoms with E-state index in [9.17, 15) is 4.79 Å². The molecule has 4 aromatic rings. The third-order valence-electron chi connectivity index (χ3n) is 6.27. The fraction of sp³-hybridized carbons (Fsp3) is 0.269. The Balaban J connectivity index is 1.15. The minimum absolute atomic E-state index is 0.0383. The Morgan fingerprint density at radius 1 is 0.886 bits per heavy atom. The van der Waals surface area contributed by atoms with Gasteiger partial charge in [0.05, 0.1) is 23.5 Å². The number of hydrogen-bond acceptors (Lipinski definition) is 7. The molecule has 1 aliphatic heterocycles. The Bertz CT molecular complexity index is 1220. The predicted octanol–water partition coefficient (Wildman–Crippen LogP) is 2.60. The first-order valence-electron chi connectivity index (χ1n) is 11.8. The number of aromatic nitrogens is 5. The number of anilines is 2. The van der Waals surface area contributed by atoms with Crippen molar-refractivity contribution in [1.29, 1.82) is 0 Å². The van der Waals surface area contributed by atoms with Gasteiger partial charge in [0, 0.05) is 45.1 Å². The highest BCUT2D eigenvalue weighted by Gasteiger charge is 2.19. The van der Waals surface area contributed by atoms with Crippen LogP contribution in [0.15, 0.2) is 79.4 Å². The van der Waals surface area contributed by atoms with Crippen molar-refractivity contribution in [3.63, 3.8) is 0 Å². The van der Waals surface area contributed by atoms with Crippen molar-refractivity contribution in [2.24, 2.45) is 0 Å². The van der Waals surface area contributed by atoms with Gasteiger partial charge >= 0.3 is 0 Å². The van der Waals surface area contributed by atoms with E-state index in [1.165, 1.54) is 5.56 Å². The van der Waals surface area contributed by atoms with E-state index in [1.807, 2.05) is 54.9 Å². The minimum atomic E-state index is -0.0383. The summed E-state index contributed by atoms with van der Waals surface area (Å²) in [5, 5.41) is 14.3. The van der Waals surface area contributed by atoms with Gasteiger partial charge in [0.25, 0.3) is 0 Å². The number of amides is 1. The number of nitrogens with zero attached hydrogens (tertiary/aromatic N) is 7. The summed E-state index contributed by atoms with van der Waals surface area (Å²) in [4.78, 5) is 21.8. The largest absolute Gasteiger partial charge is 0.367 e. The monoisotopic (exact) mass is 468 g/mol. The predicted molar refractivity (Wildman–Crippen MR) is 135 cm³/mol. The molecule has 1 fully saturated rings. The van der Waals surface area contributed by atoms with Crippen molar-refractivity contribution in [2.45, 2.75) is 12.8 Å². The van der Waals surface area contributed by atoms with Gasteiger partial charge in [-0.1, -0.05) is 24.3 Å². The smallest absolute Gasteiger partial charge is 0.228 e. The lowest BCUT2D eigenvalue weighted by Crippen LogP contribution is -2.47. The van der Waals surface area contributed by atoms with Gasteiger partial charge in [0.15, 0.2) is 0 Å². The molecule has 5 rings (SSSR count). The zero-order valence-corrected chi connectivity index (χ0v) is 19.5. The normalized spacial score (nSPS) is 14.1. The van der Waals surface area contributed by atoms with Gasteiger partial charge < -0.3 is 10.2 Å². The van der Waals surface area contributed by atoms with Crippen LogP contribution in [0.1, 0.15) is 11.1 Å². The molecule has 9 nitrogen and oxygen atoms in total. The van der Waals surface area contributed by atoms with E-state index >= 15 is 0 Å². The van der Waals surface area contributed by atoms with Gasteiger partial charge in [0.1, 0.15) is 6.33 Å². The summed E-state index contributed by atoms with van der Waals surface area (Å²) in [7, 11) is 0. The van der Waals surface area contributed by atoms with E-state index in [4.69, 9.17) is 0 Å². The van der Waals surface area contributed by atoms with E-state index < -0.39 is 0 Å². The van der Waals surface area contributed by atoms with Gasteiger partial charge in [0.2, 0.25) is 5.91 Å². The second-order valence-corrected chi connectivity index (χ2v) is 8.60. The Morgan fingerprint density at radius 3 is 2.40 bits per heavy atom. The van der Waals surface area contributed by atoms with E-state index in [-0.39, 0.29) is 5.91 Å². The summed E-state index contributed by atoms with van der Waals surface area (Å²) in [5.41, 5.74) is 5.03. The molecule has 9 heteroatoms. The molecule has 0 unspecified atom stereocenters. The zero-order valence-electron chi connectivity index (χ0n) is 19.5. The molecule has 178 valence electrons. The average Bonchev–Trinajstić information content (AvgIpc) is 3.44. The molecule has 0 saturated carbocycles. The first-order chi connectivity index (χ1) is 17.2. The molecule has 1 amide bonds. The second-order valence-electron chi connectivity index (χ2n) is 8.60. The van der Waals surface area contributed by atoms with Crippen molar-refractivity contribution < 1.29 is 4.79 Å². The van der Waals surface area contributed by atoms with E-state index in [0.29, 0.717) is 6.42 Å². The van der Waals surface area contributed by atoms with Crippen LogP contribution >= 0.6 is 0 Å². The molecule has 1 N–H and O–H groups in total. The van der Waals surface area contributed by atoms with Crippen LogP contribution in [-0.4, -0.2) is 68.7 Å². The Hall–Kier alpha value is -4.11. The number of carbonyl (C=O) groups excluding carboxylic acids is 1. The molecule has 35 heavy (non-hydrogen) atoms. The lowest BCUT2D eigenvalue weighted by Gasteiger charge is -2.37. The number of tetrazole rings is 1. The maximum absolute atomic E-state index is 12.8. The molecule has 1 aliphatic rings. The van der Waals surface area contributed by atoms with E-state index in [2.05, 4.69) is 53.8 Å². The summed E-state index contributed by atoms with van der Waals surface area (Å²) in [5.74, 6) is -0.0383. The van der Waals surface area contributed by atoms with Crippen molar-refractivity contribution in [3.8, 4) is 5.69 Å². The molecule has 2 aromatic heterocycles. The van der Waals surface area contributed by atoms with Crippen LogP contribution in [0.4, 0.5) is 11.4 Å². The van der Waals surface area contributed by atoms with Crippen LogP contribution in [-0.2, 0) is 17.6 Å². The van der Waals surface area contributed by atoms with E-state index in [0.717, 1.165) is 61.8 Å². The fourth-order valence-electron chi connectivity index (χ4n) is 4.33. The molecule has 0 atom stereocenters. The lowest BCUT2D eigenvalue weighted by molar-refractivity contribution is -0.115. The van der Waals surface area contributed by atoms with Crippen LogP contribution in [0.5, 0.6) is 0 Å². The molecule has 3 heterocycles. The third kappa shape index (κ3) is 5.88. The van der Waals surface area contributed by atoms with Gasteiger partial charge in [-0.25, -0.2) is 4.68 Å². The highest BCUT2D eigenvalue weighted by atomic mass is 16.1. The van der Waals surface area contributed by atoms with Gasteiger partial charge in [-0.15, -0.1) is 5.10 Å². The second kappa shape index (κ2) is 10.9. The van der Waals surface area contributed by atoms with Crippen LogP contribution < -0.4 is 10.2 Å². The number of rotatable bonds is 8. The average molecular weight is 469 g/mol. The molecular weight excluding hydrogens is 440 g/mol. The molecular formula is C26H28N8O. The first-order valence-corrected chi connectivity index (χ1v) is 11.8. The summed E-state index contributed by atoms with van der Waals surface area (Å²) < 4.78 is 1.58.